The first-order valence-corrected chi connectivity index (χ1v) is 6.75. The maximum Gasteiger partial charge on any atom is 0.0951 e. The zero-order valence-electron chi connectivity index (χ0n) is 10.0. The van der Waals surface area contributed by atoms with E-state index >= 15 is 0 Å². The molecule has 0 fully saturated rings. The average Bonchev–Trinajstić information content (AvgIpc) is 2.76. The SMILES string of the molecule is CC(C)n1cncc1CNc1ccc(I)cc1. The summed E-state index contributed by atoms with van der Waals surface area (Å²) in [6, 6.07) is 8.84. The van der Waals surface area contributed by atoms with Crippen molar-refractivity contribution < 1.29 is 0 Å². The molecule has 0 unspecified atom stereocenters. The summed E-state index contributed by atoms with van der Waals surface area (Å²) in [5.41, 5.74) is 2.35. The number of aromatic nitrogens is 2. The van der Waals surface area contributed by atoms with Crippen LogP contribution < -0.4 is 5.32 Å². The quantitative estimate of drug-likeness (QED) is 0.860. The van der Waals surface area contributed by atoms with Crippen LogP contribution in [0.2, 0.25) is 0 Å². The molecular formula is C13H16IN3. The molecule has 0 atom stereocenters. The monoisotopic (exact) mass is 341 g/mol. The first-order chi connectivity index (χ1) is 8.16. The summed E-state index contributed by atoms with van der Waals surface area (Å²) in [7, 11) is 0. The van der Waals surface area contributed by atoms with Gasteiger partial charge in [-0.3, -0.25) is 0 Å². The van der Waals surface area contributed by atoms with Gasteiger partial charge in [-0.1, -0.05) is 0 Å². The predicted octanol–water partition coefficient (Wildman–Crippen LogP) is 3.68. The van der Waals surface area contributed by atoms with Gasteiger partial charge in [0.2, 0.25) is 0 Å². The number of halogens is 1. The summed E-state index contributed by atoms with van der Waals surface area (Å²) < 4.78 is 3.43. The van der Waals surface area contributed by atoms with E-state index in [4.69, 9.17) is 0 Å². The Morgan fingerprint density at radius 2 is 2.00 bits per heavy atom. The van der Waals surface area contributed by atoms with Crippen molar-refractivity contribution in [3.63, 3.8) is 0 Å². The minimum atomic E-state index is 0.450. The molecule has 0 radical (unpaired) electrons. The Balaban J connectivity index is 2.02. The van der Waals surface area contributed by atoms with Gasteiger partial charge in [-0.15, -0.1) is 0 Å². The van der Waals surface area contributed by atoms with Crippen LogP contribution in [0.5, 0.6) is 0 Å². The van der Waals surface area contributed by atoms with E-state index in [0.717, 1.165) is 12.2 Å². The van der Waals surface area contributed by atoms with Crippen molar-refractivity contribution in [1.82, 2.24) is 9.55 Å². The van der Waals surface area contributed by atoms with E-state index in [1.165, 1.54) is 9.26 Å². The molecule has 0 saturated heterocycles. The van der Waals surface area contributed by atoms with E-state index in [-0.39, 0.29) is 0 Å². The van der Waals surface area contributed by atoms with Crippen LogP contribution in [-0.4, -0.2) is 9.55 Å². The Morgan fingerprint density at radius 3 is 2.65 bits per heavy atom. The summed E-state index contributed by atoms with van der Waals surface area (Å²) in [5, 5.41) is 3.41. The number of benzene rings is 1. The Morgan fingerprint density at radius 1 is 1.29 bits per heavy atom. The van der Waals surface area contributed by atoms with Crippen molar-refractivity contribution >= 4 is 28.3 Å². The largest absolute Gasteiger partial charge is 0.379 e. The van der Waals surface area contributed by atoms with Gasteiger partial charge < -0.3 is 9.88 Å². The fourth-order valence-corrected chi connectivity index (χ4v) is 2.05. The van der Waals surface area contributed by atoms with Gasteiger partial charge in [0.15, 0.2) is 0 Å². The summed E-state index contributed by atoms with van der Waals surface area (Å²) in [4.78, 5) is 4.19. The molecule has 0 bridgehead atoms. The van der Waals surface area contributed by atoms with Gasteiger partial charge in [-0.25, -0.2) is 4.98 Å². The zero-order valence-corrected chi connectivity index (χ0v) is 12.2. The van der Waals surface area contributed by atoms with Crippen LogP contribution in [0, 0.1) is 3.57 Å². The van der Waals surface area contributed by atoms with E-state index in [0.29, 0.717) is 6.04 Å². The summed E-state index contributed by atoms with van der Waals surface area (Å²) in [5.74, 6) is 0. The van der Waals surface area contributed by atoms with Gasteiger partial charge in [0.25, 0.3) is 0 Å². The molecule has 0 saturated carbocycles. The van der Waals surface area contributed by atoms with E-state index in [2.05, 4.69) is 75.6 Å². The van der Waals surface area contributed by atoms with Crippen LogP contribution in [0.1, 0.15) is 25.6 Å². The van der Waals surface area contributed by atoms with Crippen LogP contribution in [-0.2, 0) is 6.54 Å². The second-order valence-electron chi connectivity index (χ2n) is 4.25. The maximum atomic E-state index is 4.19. The van der Waals surface area contributed by atoms with Crippen LogP contribution in [0.25, 0.3) is 0 Å². The van der Waals surface area contributed by atoms with Crippen molar-refractivity contribution in [2.45, 2.75) is 26.4 Å². The molecule has 17 heavy (non-hydrogen) atoms. The first-order valence-electron chi connectivity index (χ1n) is 5.67. The maximum absolute atomic E-state index is 4.19. The second-order valence-corrected chi connectivity index (χ2v) is 5.49. The number of hydrogen-bond donors (Lipinski definition) is 1. The van der Waals surface area contributed by atoms with Crippen LogP contribution >= 0.6 is 22.6 Å². The van der Waals surface area contributed by atoms with Crippen LogP contribution in [0.15, 0.2) is 36.8 Å². The molecule has 3 nitrogen and oxygen atoms in total. The molecule has 2 rings (SSSR count). The van der Waals surface area contributed by atoms with Crippen molar-refractivity contribution in [1.29, 1.82) is 0 Å². The van der Waals surface area contributed by atoms with Crippen molar-refractivity contribution in [3.05, 3.63) is 46.1 Å². The third-order valence-electron chi connectivity index (χ3n) is 2.62. The lowest BCUT2D eigenvalue weighted by molar-refractivity contribution is 0.577. The molecule has 1 aromatic carbocycles. The number of anilines is 1. The molecule has 1 heterocycles. The Bertz CT molecular complexity index is 474. The molecule has 2 aromatic rings. The third-order valence-corrected chi connectivity index (χ3v) is 3.34. The average molecular weight is 341 g/mol. The first kappa shape index (κ1) is 12.4. The normalized spacial score (nSPS) is 10.8. The summed E-state index contributed by atoms with van der Waals surface area (Å²) in [6.07, 6.45) is 3.80. The number of imidazole rings is 1. The highest BCUT2D eigenvalue weighted by Crippen LogP contribution is 2.14. The van der Waals surface area contributed by atoms with Crippen molar-refractivity contribution in [2.75, 3.05) is 5.32 Å². The molecule has 1 aromatic heterocycles. The summed E-state index contributed by atoms with van der Waals surface area (Å²) in [6.45, 7) is 5.13. The van der Waals surface area contributed by atoms with Gasteiger partial charge in [0.05, 0.1) is 18.6 Å². The predicted molar refractivity (Wildman–Crippen MR) is 79.1 cm³/mol. The Hall–Kier alpha value is -1.04. The number of hydrogen-bond acceptors (Lipinski definition) is 2. The van der Waals surface area contributed by atoms with Gasteiger partial charge in [-0.05, 0) is 60.7 Å². The minimum Gasteiger partial charge on any atom is -0.379 e. The second kappa shape index (κ2) is 5.53. The lowest BCUT2D eigenvalue weighted by Crippen LogP contribution is -2.08. The lowest BCUT2D eigenvalue weighted by Gasteiger charge is -2.12. The number of nitrogens with one attached hydrogen (secondary N) is 1. The number of nitrogens with zero attached hydrogens (tertiary/aromatic N) is 2. The van der Waals surface area contributed by atoms with Gasteiger partial charge in [-0.2, -0.15) is 0 Å². The molecule has 1 N–H and O–H groups in total. The molecule has 0 amide bonds. The topological polar surface area (TPSA) is 29.9 Å². The molecular weight excluding hydrogens is 325 g/mol. The van der Waals surface area contributed by atoms with E-state index < -0.39 is 0 Å². The van der Waals surface area contributed by atoms with E-state index in [1.807, 2.05) is 12.5 Å². The highest BCUT2D eigenvalue weighted by atomic mass is 127. The Kier molecular flexibility index (Phi) is 4.04. The highest BCUT2D eigenvalue weighted by molar-refractivity contribution is 14.1. The minimum absolute atomic E-state index is 0.450. The fourth-order valence-electron chi connectivity index (χ4n) is 1.69. The molecule has 4 heteroatoms. The van der Waals surface area contributed by atoms with Gasteiger partial charge in [0.1, 0.15) is 0 Å². The van der Waals surface area contributed by atoms with Gasteiger partial charge >= 0.3 is 0 Å². The Labute approximate surface area is 115 Å². The molecule has 0 aliphatic rings. The van der Waals surface area contributed by atoms with E-state index in [9.17, 15) is 0 Å². The van der Waals surface area contributed by atoms with E-state index in [1.54, 1.807) is 0 Å². The molecule has 0 spiro atoms. The highest BCUT2D eigenvalue weighted by Gasteiger charge is 2.04. The number of rotatable bonds is 4. The zero-order chi connectivity index (χ0) is 12.3. The van der Waals surface area contributed by atoms with Crippen LogP contribution in [0.4, 0.5) is 5.69 Å². The van der Waals surface area contributed by atoms with Crippen molar-refractivity contribution in [2.24, 2.45) is 0 Å². The van der Waals surface area contributed by atoms with Gasteiger partial charge in [0, 0.05) is 21.5 Å². The summed E-state index contributed by atoms with van der Waals surface area (Å²) >= 11 is 2.31. The van der Waals surface area contributed by atoms with Crippen molar-refractivity contribution in [3.8, 4) is 0 Å². The lowest BCUT2D eigenvalue weighted by atomic mass is 10.3. The standard InChI is InChI=1S/C13H16IN3/c1-10(2)17-9-15-7-13(17)8-16-12-5-3-11(14)4-6-12/h3-7,9-10,16H,8H2,1-2H3. The third kappa shape index (κ3) is 3.21. The molecule has 90 valence electrons. The smallest absolute Gasteiger partial charge is 0.0951 e. The molecule has 0 aliphatic heterocycles. The van der Waals surface area contributed by atoms with Crippen LogP contribution in [0.3, 0.4) is 0 Å². The molecule has 0 aliphatic carbocycles. The fraction of sp³-hybridized carbons (Fsp3) is 0.308.